The van der Waals surface area contributed by atoms with Gasteiger partial charge in [-0.05, 0) is 110 Å². The molecule has 0 spiro atoms. The first-order valence-electron chi connectivity index (χ1n) is 21.2. The van der Waals surface area contributed by atoms with Crippen LogP contribution in [0.1, 0.15) is 31.4 Å². The monoisotopic (exact) mass is 866 g/mol. The maximum Gasteiger partial charge on any atom is 0.246 e. The lowest BCUT2D eigenvalue weighted by molar-refractivity contribution is -0.127. The van der Waals surface area contributed by atoms with Gasteiger partial charge in [0.25, 0.3) is 0 Å². The molecule has 2 amide bonds. The third kappa shape index (κ3) is 8.82. The van der Waals surface area contributed by atoms with E-state index in [2.05, 4.69) is 26.5 Å². The zero-order valence-corrected chi connectivity index (χ0v) is 35.9. The van der Waals surface area contributed by atoms with Gasteiger partial charge in [-0.25, -0.2) is 29.3 Å². The van der Waals surface area contributed by atoms with Crippen molar-refractivity contribution in [3.05, 3.63) is 140 Å². The van der Waals surface area contributed by atoms with Gasteiger partial charge in [0, 0.05) is 43.9 Å². The summed E-state index contributed by atoms with van der Waals surface area (Å²) in [6, 6.07) is 32.5. The van der Waals surface area contributed by atoms with Crippen molar-refractivity contribution in [1.29, 1.82) is 0 Å². The molecule has 0 saturated carbocycles. The summed E-state index contributed by atoms with van der Waals surface area (Å²) in [5.41, 5.74) is 18.6. The van der Waals surface area contributed by atoms with Gasteiger partial charge in [-0.1, -0.05) is 36.9 Å². The van der Waals surface area contributed by atoms with E-state index in [4.69, 9.17) is 31.1 Å². The Bertz CT molecular complexity index is 3060. The van der Waals surface area contributed by atoms with Crippen LogP contribution in [0.5, 0.6) is 23.0 Å². The van der Waals surface area contributed by atoms with Crippen molar-refractivity contribution in [1.82, 2.24) is 49.3 Å². The number of nitrogens with two attached hydrogens (primary N) is 2. The SMILES string of the molecule is C=CC(=O)N(C)CCn1nc(-c2ccc(Oc3cccc(C(C)=CC(=O)N4CCC(n5nc(-c6ccc(Oc7ccccc7)cc6)c6c(N)ncnc65)CC4)c3)cc2)c2c(N)ncnc21. The quantitative estimate of drug-likeness (QED) is 0.106. The van der Waals surface area contributed by atoms with E-state index in [-0.39, 0.29) is 17.9 Å². The number of nitrogen functional groups attached to an aromatic ring is 2. The van der Waals surface area contributed by atoms with Gasteiger partial charge < -0.3 is 30.7 Å². The van der Waals surface area contributed by atoms with Crippen molar-refractivity contribution in [2.75, 3.05) is 38.1 Å². The van der Waals surface area contributed by atoms with Crippen LogP contribution >= 0.6 is 0 Å². The number of para-hydroxylation sites is 1. The molecule has 1 aliphatic heterocycles. The Kier molecular flexibility index (Phi) is 11.7. The molecule has 1 saturated heterocycles. The summed E-state index contributed by atoms with van der Waals surface area (Å²) in [6.07, 6.45) is 7.21. The summed E-state index contributed by atoms with van der Waals surface area (Å²) in [7, 11) is 1.70. The lowest BCUT2D eigenvalue weighted by Gasteiger charge is -2.31. The van der Waals surface area contributed by atoms with Gasteiger partial charge in [-0.2, -0.15) is 10.2 Å². The summed E-state index contributed by atoms with van der Waals surface area (Å²) in [4.78, 5) is 46.6. The average Bonchev–Trinajstić information content (AvgIpc) is 3.92. The van der Waals surface area contributed by atoms with Crippen LogP contribution in [0, 0.1) is 0 Å². The van der Waals surface area contributed by atoms with Gasteiger partial charge in [-0.3, -0.25) is 9.59 Å². The van der Waals surface area contributed by atoms with Crippen molar-refractivity contribution < 1.29 is 19.1 Å². The minimum Gasteiger partial charge on any atom is -0.457 e. The lowest BCUT2D eigenvalue weighted by Crippen LogP contribution is -2.38. The Labute approximate surface area is 374 Å². The maximum absolute atomic E-state index is 13.7. The Morgan fingerprint density at radius 1 is 0.738 bits per heavy atom. The molecular formula is C49H46N12O4. The number of carbonyl (C=O) groups excluding carboxylic acids is 2. The number of likely N-dealkylation sites (tertiary alicyclic amines) is 1. The third-order valence-electron chi connectivity index (χ3n) is 11.5. The highest BCUT2D eigenvalue weighted by Crippen LogP contribution is 2.36. The van der Waals surface area contributed by atoms with E-state index in [1.54, 1.807) is 22.7 Å². The van der Waals surface area contributed by atoms with Crippen LogP contribution in [-0.2, 0) is 16.1 Å². The van der Waals surface area contributed by atoms with Gasteiger partial charge >= 0.3 is 0 Å². The fourth-order valence-corrected chi connectivity index (χ4v) is 7.97. The third-order valence-corrected chi connectivity index (χ3v) is 11.5. The Morgan fingerprint density at radius 3 is 1.95 bits per heavy atom. The van der Waals surface area contributed by atoms with E-state index in [1.165, 1.54) is 18.7 Å². The molecule has 1 aliphatic rings. The molecule has 9 rings (SSSR count). The van der Waals surface area contributed by atoms with Crippen LogP contribution in [0.3, 0.4) is 0 Å². The standard InChI is InChI=1S/C49H46N12O4/c1-4-40(62)58(3)25-26-60-48-42(46(50)52-29-54-48)44(56-60)32-13-19-38(20-14-32)65-39-12-8-9-34(28-39)31(2)27-41(63)59-23-21-35(22-24-59)61-49-43(47(51)53-30-55-49)45(57-61)33-15-17-37(18-16-33)64-36-10-6-5-7-11-36/h4-20,27-30,35H,1,21-26H2,2-3H3,(H2,50,52,54)(H2,51,53,55). The van der Waals surface area contributed by atoms with E-state index in [9.17, 15) is 9.59 Å². The van der Waals surface area contributed by atoms with E-state index in [0.29, 0.717) is 101 Å². The second-order valence-corrected chi connectivity index (χ2v) is 15.7. The van der Waals surface area contributed by atoms with Gasteiger partial charge in [0.15, 0.2) is 11.3 Å². The largest absolute Gasteiger partial charge is 0.457 e. The molecule has 0 bridgehead atoms. The number of amides is 2. The first-order valence-corrected chi connectivity index (χ1v) is 21.2. The van der Waals surface area contributed by atoms with Crippen molar-refractivity contribution in [3.63, 3.8) is 0 Å². The molecule has 4 N–H and O–H groups in total. The van der Waals surface area contributed by atoms with Gasteiger partial charge in [0.1, 0.15) is 58.7 Å². The number of carbonyl (C=O) groups is 2. The average molecular weight is 867 g/mol. The van der Waals surface area contributed by atoms with Crippen molar-refractivity contribution in [2.45, 2.75) is 32.4 Å². The van der Waals surface area contributed by atoms with Crippen LogP contribution < -0.4 is 20.9 Å². The van der Waals surface area contributed by atoms with Crippen LogP contribution in [0.2, 0.25) is 0 Å². The number of aromatic nitrogens is 8. The first-order chi connectivity index (χ1) is 31.6. The number of anilines is 2. The highest BCUT2D eigenvalue weighted by molar-refractivity contribution is 5.99. The van der Waals surface area contributed by atoms with Gasteiger partial charge in [0.2, 0.25) is 11.8 Å². The number of benzene rings is 4. The Balaban J connectivity index is 0.845. The molecule has 0 atom stereocenters. The topological polar surface area (TPSA) is 198 Å². The number of ether oxygens (including phenoxy) is 2. The van der Waals surface area contributed by atoms with Crippen LogP contribution in [0.25, 0.3) is 50.2 Å². The molecule has 0 unspecified atom stereocenters. The predicted molar refractivity (Wildman–Crippen MR) is 250 cm³/mol. The normalized spacial score (nSPS) is 13.3. The smallest absolute Gasteiger partial charge is 0.246 e. The fourth-order valence-electron chi connectivity index (χ4n) is 7.97. The first kappa shape index (κ1) is 41.9. The molecule has 4 aromatic carbocycles. The predicted octanol–water partition coefficient (Wildman–Crippen LogP) is 7.96. The molecule has 326 valence electrons. The van der Waals surface area contributed by atoms with E-state index in [1.807, 2.05) is 120 Å². The lowest BCUT2D eigenvalue weighted by atomic mass is 10.0. The van der Waals surface area contributed by atoms with Crippen molar-refractivity contribution in [2.24, 2.45) is 0 Å². The molecule has 8 aromatic rings. The number of nitrogens with zero attached hydrogens (tertiary/aromatic N) is 10. The molecule has 4 aromatic heterocycles. The minimum absolute atomic E-state index is 0.00911. The van der Waals surface area contributed by atoms with Crippen molar-refractivity contribution >= 4 is 51.1 Å². The molecule has 0 aliphatic carbocycles. The summed E-state index contributed by atoms with van der Waals surface area (Å²) < 4.78 is 15.9. The Hall–Kier alpha value is -8.40. The maximum atomic E-state index is 13.7. The van der Waals surface area contributed by atoms with Crippen LogP contribution in [0.4, 0.5) is 11.6 Å². The number of hydrogen-bond donors (Lipinski definition) is 2. The van der Waals surface area contributed by atoms with E-state index < -0.39 is 0 Å². The van der Waals surface area contributed by atoms with Gasteiger partial charge in [0.05, 0.1) is 23.4 Å². The molecule has 1 fully saturated rings. The number of likely N-dealkylation sites (N-methyl/N-ethyl adjacent to an activating group) is 1. The van der Waals surface area contributed by atoms with Crippen LogP contribution in [0.15, 0.2) is 135 Å². The summed E-state index contributed by atoms with van der Waals surface area (Å²) in [5, 5.41) is 11.2. The Morgan fingerprint density at radius 2 is 1.31 bits per heavy atom. The molecule has 16 heteroatoms. The molecule has 65 heavy (non-hydrogen) atoms. The number of rotatable bonds is 13. The minimum atomic E-state index is -0.183. The molecule has 0 radical (unpaired) electrons. The van der Waals surface area contributed by atoms with E-state index >= 15 is 0 Å². The summed E-state index contributed by atoms with van der Waals surface area (Å²) >= 11 is 0. The van der Waals surface area contributed by atoms with Crippen molar-refractivity contribution in [3.8, 4) is 45.5 Å². The van der Waals surface area contributed by atoms with E-state index in [0.717, 1.165) is 28.0 Å². The zero-order chi connectivity index (χ0) is 45.0. The fraction of sp³-hybridized carbons (Fsp3) is 0.184. The zero-order valence-electron chi connectivity index (χ0n) is 35.9. The summed E-state index contributed by atoms with van der Waals surface area (Å²) in [5.74, 6) is 3.12. The molecule has 16 nitrogen and oxygen atoms in total. The number of hydrogen-bond acceptors (Lipinski definition) is 12. The number of allylic oxidation sites excluding steroid dienone is 1. The van der Waals surface area contributed by atoms with Crippen LogP contribution in [-0.4, -0.2) is 87.8 Å². The summed E-state index contributed by atoms with van der Waals surface area (Å²) in [6.45, 7) is 7.40. The second-order valence-electron chi connectivity index (χ2n) is 15.7. The number of piperidine rings is 1. The highest BCUT2D eigenvalue weighted by Gasteiger charge is 2.28. The second kappa shape index (κ2) is 18.1. The molecular weight excluding hydrogens is 821 g/mol. The molecule has 5 heterocycles. The van der Waals surface area contributed by atoms with Gasteiger partial charge in [-0.15, -0.1) is 0 Å². The highest BCUT2D eigenvalue weighted by atomic mass is 16.5. The number of fused-ring (bicyclic) bond motifs is 2.